The van der Waals surface area contributed by atoms with Gasteiger partial charge in [-0.1, -0.05) is 19.1 Å². The molecule has 2 N–H and O–H groups in total. The molecule has 72 valence electrons. The fraction of sp³-hybridized carbons (Fsp3) is 0.429. The molecule has 1 aromatic rings. The molecule has 1 heterocycles. The number of hydrogen-bond acceptors (Lipinski definition) is 2. The molecule has 0 bridgehead atoms. The van der Waals surface area contributed by atoms with E-state index in [1.54, 1.807) is 0 Å². The van der Waals surface area contributed by atoms with Gasteiger partial charge in [-0.05, 0) is 45.2 Å². The predicted octanol–water partition coefficient (Wildman–Crippen LogP) is 2.01. The molecule has 0 aliphatic rings. The SMILES string of the molecule is CC(Cn1cnc(I)c1I)C(N)=S. The van der Waals surface area contributed by atoms with Gasteiger partial charge >= 0.3 is 0 Å². The van der Waals surface area contributed by atoms with Crippen LogP contribution in [0.2, 0.25) is 0 Å². The van der Waals surface area contributed by atoms with Crippen LogP contribution in [0.5, 0.6) is 0 Å². The predicted molar refractivity (Wildman–Crippen MR) is 73.6 cm³/mol. The summed E-state index contributed by atoms with van der Waals surface area (Å²) in [5.41, 5.74) is 5.53. The van der Waals surface area contributed by atoms with Gasteiger partial charge in [0.1, 0.15) is 7.40 Å². The first kappa shape index (κ1) is 11.6. The van der Waals surface area contributed by atoms with Crippen molar-refractivity contribution in [3.8, 4) is 0 Å². The Bertz CT molecular complexity index is 324. The molecule has 0 fully saturated rings. The van der Waals surface area contributed by atoms with Crippen molar-refractivity contribution in [3.05, 3.63) is 13.7 Å². The molecule has 0 saturated carbocycles. The Morgan fingerprint density at radius 1 is 1.77 bits per heavy atom. The second-order valence-corrected chi connectivity index (χ2v) is 5.30. The molecule has 13 heavy (non-hydrogen) atoms. The van der Waals surface area contributed by atoms with Gasteiger partial charge in [0.15, 0.2) is 0 Å². The van der Waals surface area contributed by atoms with Crippen LogP contribution in [0.4, 0.5) is 0 Å². The molecule has 0 radical (unpaired) electrons. The Morgan fingerprint density at radius 3 is 2.77 bits per heavy atom. The van der Waals surface area contributed by atoms with Crippen molar-refractivity contribution in [3.63, 3.8) is 0 Å². The van der Waals surface area contributed by atoms with Crippen LogP contribution < -0.4 is 5.73 Å². The van der Waals surface area contributed by atoms with E-state index in [2.05, 4.69) is 54.7 Å². The summed E-state index contributed by atoms with van der Waals surface area (Å²) < 4.78 is 4.22. The second kappa shape index (κ2) is 4.87. The maximum Gasteiger partial charge on any atom is 0.132 e. The minimum absolute atomic E-state index is 0.216. The smallest absolute Gasteiger partial charge is 0.132 e. The minimum atomic E-state index is 0.216. The standard InChI is InChI=1S/C7H9I2N3S/c1-4(7(10)13)2-12-3-11-5(8)6(12)9/h3-4H,2H2,1H3,(H2,10,13). The van der Waals surface area contributed by atoms with Gasteiger partial charge in [0.2, 0.25) is 0 Å². The molecule has 0 aromatic carbocycles. The van der Waals surface area contributed by atoms with Crippen molar-refractivity contribution in [2.45, 2.75) is 13.5 Å². The lowest BCUT2D eigenvalue weighted by Crippen LogP contribution is -2.23. The zero-order valence-corrected chi connectivity index (χ0v) is 12.1. The molecule has 0 spiro atoms. The van der Waals surface area contributed by atoms with Gasteiger partial charge in [0.25, 0.3) is 0 Å². The van der Waals surface area contributed by atoms with E-state index in [0.717, 1.165) is 13.9 Å². The van der Waals surface area contributed by atoms with Crippen LogP contribution in [0.15, 0.2) is 6.33 Å². The molecule has 0 aliphatic carbocycles. The molecular weight excluding hydrogens is 412 g/mol. The largest absolute Gasteiger partial charge is 0.393 e. The lowest BCUT2D eigenvalue weighted by atomic mass is 10.2. The van der Waals surface area contributed by atoms with Crippen molar-refractivity contribution >= 4 is 62.4 Å². The Kier molecular flexibility index (Phi) is 4.36. The maximum absolute atomic E-state index is 5.53. The third-order valence-corrected chi connectivity index (χ3v) is 5.04. The average Bonchev–Trinajstić information content (AvgIpc) is 2.36. The summed E-state index contributed by atoms with van der Waals surface area (Å²) in [6, 6.07) is 0. The number of thiocarbonyl (C=S) groups is 1. The number of nitrogens with zero attached hydrogens (tertiary/aromatic N) is 2. The van der Waals surface area contributed by atoms with E-state index in [0.29, 0.717) is 4.99 Å². The quantitative estimate of drug-likeness (QED) is 0.601. The molecule has 1 unspecified atom stereocenters. The highest BCUT2D eigenvalue weighted by Crippen LogP contribution is 2.14. The van der Waals surface area contributed by atoms with Crippen LogP contribution >= 0.6 is 57.4 Å². The highest BCUT2D eigenvalue weighted by Gasteiger charge is 2.10. The molecule has 0 aliphatic heterocycles. The highest BCUT2D eigenvalue weighted by molar-refractivity contribution is 14.1. The van der Waals surface area contributed by atoms with Crippen LogP contribution in [-0.2, 0) is 6.54 Å². The fourth-order valence-electron chi connectivity index (χ4n) is 0.855. The summed E-state index contributed by atoms with van der Waals surface area (Å²) in [7, 11) is 0. The normalized spacial score (nSPS) is 12.8. The maximum atomic E-state index is 5.53. The molecule has 6 heteroatoms. The molecule has 1 atom stereocenters. The van der Waals surface area contributed by atoms with E-state index in [1.807, 2.05) is 13.3 Å². The van der Waals surface area contributed by atoms with Gasteiger partial charge in [-0.25, -0.2) is 4.98 Å². The van der Waals surface area contributed by atoms with Crippen LogP contribution in [-0.4, -0.2) is 14.5 Å². The van der Waals surface area contributed by atoms with Crippen LogP contribution in [0.1, 0.15) is 6.92 Å². The second-order valence-electron chi connectivity index (χ2n) is 2.78. The van der Waals surface area contributed by atoms with E-state index in [9.17, 15) is 0 Å². The summed E-state index contributed by atoms with van der Waals surface area (Å²) in [6.07, 6.45) is 1.82. The van der Waals surface area contributed by atoms with E-state index in [4.69, 9.17) is 18.0 Å². The molecule has 1 rings (SSSR count). The first-order valence-electron chi connectivity index (χ1n) is 3.67. The first-order chi connectivity index (χ1) is 6.02. The Morgan fingerprint density at radius 2 is 2.38 bits per heavy atom. The number of nitrogens with two attached hydrogens (primary N) is 1. The van der Waals surface area contributed by atoms with Crippen LogP contribution in [0, 0.1) is 13.3 Å². The van der Waals surface area contributed by atoms with Crippen LogP contribution in [0.3, 0.4) is 0 Å². The Balaban J connectivity index is 2.74. The topological polar surface area (TPSA) is 43.8 Å². The average molecular weight is 421 g/mol. The molecule has 0 saturated heterocycles. The van der Waals surface area contributed by atoms with Gasteiger partial charge in [-0.2, -0.15) is 0 Å². The number of halogens is 2. The lowest BCUT2D eigenvalue weighted by molar-refractivity contribution is 0.588. The van der Waals surface area contributed by atoms with E-state index < -0.39 is 0 Å². The zero-order valence-electron chi connectivity index (χ0n) is 7.00. The third kappa shape index (κ3) is 3.01. The number of rotatable bonds is 3. The van der Waals surface area contributed by atoms with Gasteiger partial charge in [0, 0.05) is 12.5 Å². The third-order valence-electron chi connectivity index (χ3n) is 1.69. The summed E-state index contributed by atoms with van der Waals surface area (Å²) in [5.74, 6) is 0.216. The summed E-state index contributed by atoms with van der Waals surface area (Å²) >= 11 is 9.38. The van der Waals surface area contributed by atoms with Gasteiger partial charge in [-0.3, -0.25) is 0 Å². The van der Waals surface area contributed by atoms with Crippen molar-refractivity contribution in [2.75, 3.05) is 0 Å². The zero-order chi connectivity index (χ0) is 10.0. The van der Waals surface area contributed by atoms with Crippen molar-refractivity contribution in [1.82, 2.24) is 9.55 Å². The highest BCUT2D eigenvalue weighted by atomic mass is 127. The minimum Gasteiger partial charge on any atom is -0.393 e. The van der Waals surface area contributed by atoms with Crippen LogP contribution in [0.25, 0.3) is 0 Å². The van der Waals surface area contributed by atoms with E-state index in [1.165, 1.54) is 0 Å². The Labute approximate surface area is 110 Å². The molecule has 1 aromatic heterocycles. The van der Waals surface area contributed by atoms with Crippen molar-refractivity contribution in [1.29, 1.82) is 0 Å². The number of hydrogen-bond donors (Lipinski definition) is 1. The van der Waals surface area contributed by atoms with Crippen molar-refractivity contribution in [2.24, 2.45) is 11.7 Å². The molecule has 0 amide bonds. The summed E-state index contributed by atoms with van der Waals surface area (Å²) in [5, 5.41) is 0. The first-order valence-corrected chi connectivity index (χ1v) is 6.24. The van der Waals surface area contributed by atoms with Gasteiger partial charge < -0.3 is 10.3 Å². The fourth-order valence-corrected chi connectivity index (χ4v) is 1.82. The van der Waals surface area contributed by atoms with Gasteiger partial charge in [-0.15, -0.1) is 0 Å². The lowest BCUT2D eigenvalue weighted by Gasteiger charge is -2.10. The van der Waals surface area contributed by atoms with E-state index >= 15 is 0 Å². The summed E-state index contributed by atoms with van der Waals surface area (Å²) in [6.45, 7) is 2.83. The molecular formula is C7H9I2N3S. The van der Waals surface area contributed by atoms with Gasteiger partial charge in [0.05, 0.1) is 11.3 Å². The number of imidazole rings is 1. The van der Waals surface area contributed by atoms with E-state index in [-0.39, 0.29) is 5.92 Å². The Hall–Kier alpha value is 0.560. The monoisotopic (exact) mass is 421 g/mol. The van der Waals surface area contributed by atoms with Crippen molar-refractivity contribution < 1.29 is 0 Å². The molecule has 3 nitrogen and oxygen atoms in total. The summed E-state index contributed by atoms with van der Waals surface area (Å²) in [4.78, 5) is 4.74. The number of aromatic nitrogens is 2.